The van der Waals surface area contributed by atoms with Crippen LogP contribution in [0.2, 0.25) is 0 Å². The lowest BCUT2D eigenvalue weighted by molar-refractivity contribution is -0.114. The maximum atomic E-state index is 12.9. The van der Waals surface area contributed by atoms with Crippen LogP contribution in [0.5, 0.6) is 5.75 Å². The van der Waals surface area contributed by atoms with Gasteiger partial charge < -0.3 is 10.1 Å². The molecule has 2 aliphatic heterocycles. The summed E-state index contributed by atoms with van der Waals surface area (Å²) in [6.45, 7) is 2.74. The molecule has 2 heterocycles. The molecule has 0 atom stereocenters. The van der Waals surface area contributed by atoms with E-state index in [0.29, 0.717) is 27.6 Å². The van der Waals surface area contributed by atoms with E-state index in [9.17, 15) is 14.4 Å². The zero-order valence-corrected chi connectivity index (χ0v) is 21.1. The molecule has 0 bridgehead atoms. The third kappa shape index (κ3) is 5.92. The van der Waals surface area contributed by atoms with Gasteiger partial charge in [0.15, 0.2) is 5.78 Å². The first-order chi connectivity index (χ1) is 18.5. The van der Waals surface area contributed by atoms with E-state index in [1.165, 1.54) is 11.6 Å². The van der Waals surface area contributed by atoms with Crippen LogP contribution in [0.4, 0.5) is 0 Å². The van der Waals surface area contributed by atoms with E-state index in [1.807, 2.05) is 18.2 Å². The highest BCUT2D eigenvalue weighted by molar-refractivity contribution is 6.09. The highest BCUT2D eigenvalue weighted by atomic mass is 16.5. The molecule has 1 saturated heterocycles. The van der Waals surface area contributed by atoms with Crippen LogP contribution in [0.15, 0.2) is 94.6 Å². The molecule has 5 rings (SSSR count). The number of allylic oxidation sites excluding steroid dienone is 1. The molecule has 3 aromatic rings. The summed E-state index contributed by atoms with van der Waals surface area (Å²) >= 11 is 0. The number of rotatable bonds is 7. The molecule has 2 amide bonds. The molecule has 8 heteroatoms. The van der Waals surface area contributed by atoms with E-state index < -0.39 is 5.91 Å². The van der Waals surface area contributed by atoms with Gasteiger partial charge in [0, 0.05) is 42.9 Å². The lowest BCUT2D eigenvalue weighted by Gasteiger charge is -2.32. The highest BCUT2D eigenvalue weighted by Crippen LogP contribution is 2.15. The van der Waals surface area contributed by atoms with Gasteiger partial charge in [0.2, 0.25) is 0 Å². The molecular weight excluding hydrogens is 480 g/mol. The quantitative estimate of drug-likeness (QED) is 0.391. The minimum atomic E-state index is -0.622. The molecule has 0 aliphatic carbocycles. The van der Waals surface area contributed by atoms with Crippen molar-refractivity contribution in [3.63, 3.8) is 0 Å². The number of hydrogen-bond donors (Lipinski definition) is 1. The number of carbonyl (C=O) groups excluding carboxylic acids is 3. The Labute approximate surface area is 220 Å². The summed E-state index contributed by atoms with van der Waals surface area (Å²) in [5, 5.41) is 3.86. The Hall–Kier alpha value is -4.43. The summed E-state index contributed by atoms with van der Waals surface area (Å²) in [5.41, 5.74) is 2.07. The lowest BCUT2D eigenvalue weighted by Crippen LogP contribution is -2.44. The molecule has 2 aliphatic rings. The van der Waals surface area contributed by atoms with Gasteiger partial charge in [-0.1, -0.05) is 30.3 Å². The molecule has 0 radical (unpaired) electrons. The number of piperidine rings is 1. The Kier molecular flexibility index (Phi) is 7.51. The average molecular weight is 509 g/mol. The predicted molar refractivity (Wildman–Crippen MR) is 141 cm³/mol. The molecule has 1 fully saturated rings. The fourth-order valence-electron chi connectivity index (χ4n) is 4.60. The number of methoxy groups -OCH3 is 1. The normalized spacial score (nSPS) is 16.8. The van der Waals surface area contributed by atoms with Crippen LogP contribution in [0.3, 0.4) is 0 Å². The second-order valence-electron chi connectivity index (χ2n) is 9.36. The number of carbonyl (C=O) groups is 3. The van der Waals surface area contributed by atoms with Crippen LogP contribution < -0.4 is 20.8 Å². The second-order valence-corrected chi connectivity index (χ2v) is 9.36. The molecule has 0 unspecified atom stereocenters. The highest BCUT2D eigenvalue weighted by Gasteiger charge is 2.22. The van der Waals surface area contributed by atoms with Crippen molar-refractivity contribution >= 4 is 17.6 Å². The second kappa shape index (κ2) is 11.3. The molecule has 0 aromatic heterocycles. The minimum Gasteiger partial charge on any atom is -0.497 e. The summed E-state index contributed by atoms with van der Waals surface area (Å²) in [6, 6.07) is 21.9. The van der Waals surface area contributed by atoms with Crippen LogP contribution >= 0.6 is 0 Å². The third-order valence-corrected chi connectivity index (χ3v) is 6.73. The summed E-state index contributed by atoms with van der Waals surface area (Å²) in [6.07, 6.45) is 2.93. The lowest BCUT2D eigenvalue weighted by atomic mass is 10.0. The van der Waals surface area contributed by atoms with Crippen molar-refractivity contribution in [1.29, 1.82) is 0 Å². The monoisotopic (exact) mass is 508 g/mol. The number of likely N-dealkylation sites (tertiary alicyclic amines) is 1. The number of fused-ring (bicyclic) bond motifs is 1. The first kappa shape index (κ1) is 25.2. The number of ether oxygens (including phenoxy) is 1. The Morgan fingerprint density at radius 2 is 1.66 bits per heavy atom. The Morgan fingerprint density at radius 3 is 2.37 bits per heavy atom. The predicted octanol–water partition coefficient (Wildman–Crippen LogP) is 2.64. The van der Waals surface area contributed by atoms with Crippen molar-refractivity contribution in [3.05, 3.63) is 112 Å². The minimum absolute atomic E-state index is 0.0437. The van der Waals surface area contributed by atoms with Gasteiger partial charge >= 0.3 is 0 Å². The van der Waals surface area contributed by atoms with Gasteiger partial charge in [-0.3, -0.25) is 19.3 Å². The number of amides is 2. The smallest absolute Gasteiger partial charge is 0.296 e. The number of nitrogens with one attached hydrogen (secondary N) is 1. The van der Waals surface area contributed by atoms with Gasteiger partial charge in [-0.2, -0.15) is 0 Å². The van der Waals surface area contributed by atoms with Crippen LogP contribution in [-0.2, 0) is 11.3 Å². The summed E-state index contributed by atoms with van der Waals surface area (Å²) in [4.78, 5) is 48.9. The topological polar surface area (TPSA) is 100 Å². The maximum Gasteiger partial charge on any atom is 0.296 e. The van der Waals surface area contributed by atoms with Gasteiger partial charge in [0.25, 0.3) is 11.8 Å². The van der Waals surface area contributed by atoms with E-state index in [2.05, 4.69) is 32.3 Å². The number of ketones is 1. The standard InChI is InChI=1S/C30H28N4O4/c1-38-24-10-7-21(8-11-24)28(35)18-27-30(37)33-26-17-22(9-12-25(26)32-27)29(36)31-23-13-15-34(16-14-23)19-20-5-3-2-4-6-20/h2-12,17-18,23H,13-16,19H2,1H3,(H,31,36)/b27-18-. The molecule has 0 spiro atoms. The van der Waals surface area contributed by atoms with Crippen molar-refractivity contribution in [2.45, 2.75) is 25.4 Å². The van der Waals surface area contributed by atoms with E-state index in [4.69, 9.17) is 4.74 Å². The van der Waals surface area contributed by atoms with Crippen molar-refractivity contribution < 1.29 is 19.1 Å². The van der Waals surface area contributed by atoms with Crippen molar-refractivity contribution in [3.8, 4) is 5.75 Å². The Morgan fingerprint density at radius 1 is 0.947 bits per heavy atom. The Bertz CT molecular complexity index is 1510. The summed E-state index contributed by atoms with van der Waals surface area (Å²) < 4.78 is 5.10. The fraction of sp³-hybridized carbons (Fsp3) is 0.233. The van der Waals surface area contributed by atoms with Gasteiger partial charge in [0.05, 0.1) is 17.8 Å². The zero-order chi connectivity index (χ0) is 26.5. The fourth-order valence-corrected chi connectivity index (χ4v) is 4.60. The number of benzene rings is 3. The first-order valence-corrected chi connectivity index (χ1v) is 12.6. The van der Waals surface area contributed by atoms with Gasteiger partial charge in [0.1, 0.15) is 11.4 Å². The molecule has 3 aromatic carbocycles. The molecular formula is C30H28N4O4. The third-order valence-electron chi connectivity index (χ3n) is 6.73. The van der Waals surface area contributed by atoms with Gasteiger partial charge in [-0.15, -0.1) is 0 Å². The van der Waals surface area contributed by atoms with Crippen LogP contribution in [-0.4, -0.2) is 48.7 Å². The van der Waals surface area contributed by atoms with Crippen LogP contribution in [0.1, 0.15) is 39.1 Å². The van der Waals surface area contributed by atoms with Crippen molar-refractivity contribution in [2.24, 2.45) is 9.98 Å². The van der Waals surface area contributed by atoms with Crippen molar-refractivity contribution in [2.75, 3.05) is 20.2 Å². The maximum absolute atomic E-state index is 12.9. The van der Waals surface area contributed by atoms with Crippen molar-refractivity contribution in [1.82, 2.24) is 10.2 Å². The summed E-state index contributed by atoms with van der Waals surface area (Å²) in [7, 11) is 1.54. The van der Waals surface area contributed by atoms with E-state index in [1.54, 1.807) is 49.6 Å². The van der Waals surface area contributed by atoms with Crippen LogP contribution in [0, 0.1) is 0 Å². The Balaban J connectivity index is 1.22. The van der Waals surface area contributed by atoms with E-state index in [-0.39, 0.29) is 23.4 Å². The van der Waals surface area contributed by atoms with E-state index in [0.717, 1.165) is 32.5 Å². The van der Waals surface area contributed by atoms with Gasteiger partial charge in [-0.05, 0) is 60.9 Å². The summed E-state index contributed by atoms with van der Waals surface area (Å²) in [5.74, 6) is -0.551. The average Bonchev–Trinajstić information content (AvgIpc) is 2.95. The molecule has 0 saturated carbocycles. The first-order valence-electron chi connectivity index (χ1n) is 12.6. The van der Waals surface area contributed by atoms with Crippen LogP contribution in [0.25, 0.3) is 0 Å². The van der Waals surface area contributed by atoms with Gasteiger partial charge in [-0.25, -0.2) is 9.98 Å². The largest absolute Gasteiger partial charge is 0.497 e. The molecule has 38 heavy (non-hydrogen) atoms. The zero-order valence-electron chi connectivity index (χ0n) is 21.1. The number of hydrogen-bond acceptors (Lipinski definition) is 6. The SMILES string of the molecule is COc1ccc(C(=O)/C=C2\N=c3ccc(C(=O)NC4CCN(Cc5ccccc5)CC4)cc3=NC2=O)cc1. The molecule has 8 nitrogen and oxygen atoms in total. The number of nitrogens with zero attached hydrogens (tertiary/aromatic N) is 3. The molecule has 192 valence electrons. The molecule has 1 N–H and O–H groups in total. The van der Waals surface area contributed by atoms with E-state index >= 15 is 0 Å².